The van der Waals surface area contributed by atoms with Crippen LogP contribution in [0.15, 0.2) is 35.2 Å². The Morgan fingerprint density at radius 2 is 1.09 bits per heavy atom. The van der Waals surface area contributed by atoms with E-state index in [9.17, 15) is 13.0 Å². The van der Waals surface area contributed by atoms with E-state index in [2.05, 4.69) is 19.9 Å². The summed E-state index contributed by atoms with van der Waals surface area (Å²) in [5.74, 6) is 0. The Morgan fingerprint density at radius 3 is 1.57 bits per heavy atom. The van der Waals surface area contributed by atoms with Crippen LogP contribution < -0.4 is 29.6 Å². The Balaban J connectivity index is 0.00000612. The standard InChI is InChI=1S/C30H48O3S.Na/c1-3-5-7-9-11-13-15-17-20-26-22-19-23-27-25-30(34(31,32)33)28(24-29(26)27)21-18-16-14-12-10-8-6-4-2;/h19,22-25H,3-18,20-21H2,1-2H3,(H,31,32,33);/q;+1/p-1. The van der Waals surface area contributed by atoms with Gasteiger partial charge in [0.05, 0.1) is 4.90 Å². The van der Waals surface area contributed by atoms with Gasteiger partial charge in [-0.05, 0) is 59.7 Å². The molecule has 0 N–H and O–H groups in total. The number of rotatable bonds is 19. The second-order valence-electron chi connectivity index (χ2n) is 10.0. The molecule has 0 heterocycles. The molecule has 3 nitrogen and oxygen atoms in total. The number of benzene rings is 2. The number of fused-ring (bicyclic) bond motifs is 1. The number of unbranched alkanes of at least 4 members (excludes halogenated alkanes) is 14. The van der Waals surface area contributed by atoms with Gasteiger partial charge in [-0.1, -0.05) is 122 Å². The van der Waals surface area contributed by atoms with Crippen LogP contribution in [0.25, 0.3) is 10.8 Å². The molecule has 0 amide bonds. The number of aryl methyl sites for hydroxylation is 2. The van der Waals surface area contributed by atoms with Crippen molar-refractivity contribution in [1.82, 2.24) is 0 Å². The van der Waals surface area contributed by atoms with Gasteiger partial charge in [0.1, 0.15) is 10.1 Å². The van der Waals surface area contributed by atoms with Gasteiger partial charge in [-0.25, -0.2) is 8.42 Å². The van der Waals surface area contributed by atoms with Gasteiger partial charge in [0.15, 0.2) is 0 Å². The summed E-state index contributed by atoms with van der Waals surface area (Å²) < 4.78 is 36.0. The molecule has 2 aromatic rings. The third-order valence-electron chi connectivity index (χ3n) is 7.02. The van der Waals surface area contributed by atoms with E-state index in [1.165, 1.54) is 89.0 Å². The van der Waals surface area contributed by atoms with Gasteiger partial charge in [-0.2, -0.15) is 0 Å². The van der Waals surface area contributed by atoms with Crippen molar-refractivity contribution in [3.05, 3.63) is 41.5 Å². The van der Waals surface area contributed by atoms with E-state index < -0.39 is 10.1 Å². The zero-order valence-electron chi connectivity index (χ0n) is 22.7. The van der Waals surface area contributed by atoms with Gasteiger partial charge in [0.2, 0.25) is 0 Å². The van der Waals surface area contributed by atoms with Gasteiger partial charge in [0, 0.05) is 0 Å². The van der Waals surface area contributed by atoms with Crippen molar-refractivity contribution >= 4 is 20.9 Å². The summed E-state index contributed by atoms with van der Waals surface area (Å²) in [4.78, 5) is -0.0211. The quantitative estimate of drug-likeness (QED) is 0.130. The second-order valence-corrected chi connectivity index (χ2v) is 11.4. The first-order valence-corrected chi connectivity index (χ1v) is 15.4. The Labute approximate surface area is 237 Å². The van der Waals surface area contributed by atoms with E-state index in [1.54, 1.807) is 6.07 Å². The van der Waals surface area contributed by atoms with Crippen molar-refractivity contribution in [1.29, 1.82) is 0 Å². The van der Waals surface area contributed by atoms with E-state index in [0.717, 1.165) is 36.5 Å². The van der Waals surface area contributed by atoms with E-state index in [1.807, 2.05) is 18.2 Å². The monoisotopic (exact) mass is 510 g/mol. The molecule has 0 bridgehead atoms. The summed E-state index contributed by atoms with van der Waals surface area (Å²) in [5.41, 5.74) is 1.98. The summed E-state index contributed by atoms with van der Waals surface area (Å²) in [6.45, 7) is 4.48. The molecule has 5 heteroatoms. The topological polar surface area (TPSA) is 57.2 Å². The van der Waals surface area contributed by atoms with Crippen LogP contribution in [0.5, 0.6) is 0 Å². The summed E-state index contributed by atoms with van der Waals surface area (Å²) in [7, 11) is -4.48. The van der Waals surface area contributed by atoms with Crippen LogP contribution in [0.3, 0.4) is 0 Å². The van der Waals surface area contributed by atoms with Crippen molar-refractivity contribution in [2.45, 2.75) is 134 Å². The van der Waals surface area contributed by atoms with Crippen LogP contribution in [0.1, 0.15) is 128 Å². The van der Waals surface area contributed by atoms with Crippen molar-refractivity contribution in [2.75, 3.05) is 0 Å². The van der Waals surface area contributed by atoms with Crippen LogP contribution in [-0.2, 0) is 23.0 Å². The molecule has 0 radical (unpaired) electrons. The SMILES string of the molecule is CCCCCCCCCCc1cc2c(CCCCCCCCCC)cccc2cc1S(=O)(=O)[O-].[Na+]. The van der Waals surface area contributed by atoms with Crippen LogP contribution in [0.4, 0.5) is 0 Å². The Bertz CT molecular complexity index is 940. The molecule has 2 aromatic carbocycles. The van der Waals surface area contributed by atoms with E-state index >= 15 is 0 Å². The zero-order valence-corrected chi connectivity index (χ0v) is 25.6. The summed E-state index contributed by atoms with van der Waals surface area (Å²) in [6, 6.07) is 9.70. The summed E-state index contributed by atoms with van der Waals surface area (Å²) >= 11 is 0. The third-order valence-corrected chi connectivity index (χ3v) is 7.94. The average Bonchev–Trinajstić information content (AvgIpc) is 2.81. The summed E-state index contributed by atoms with van der Waals surface area (Å²) in [6.07, 6.45) is 21.6. The predicted molar refractivity (Wildman–Crippen MR) is 145 cm³/mol. The molecule has 0 saturated heterocycles. The first-order chi connectivity index (χ1) is 16.5. The minimum Gasteiger partial charge on any atom is -0.744 e. The molecule has 0 aliphatic carbocycles. The molecule has 0 aliphatic heterocycles. The van der Waals surface area contributed by atoms with Gasteiger partial charge in [-0.15, -0.1) is 0 Å². The smallest absolute Gasteiger partial charge is 0.744 e. The van der Waals surface area contributed by atoms with Gasteiger partial charge < -0.3 is 4.55 Å². The van der Waals surface area contributed by atoms with Crippen molar-refractivity contribution in [3.8, 4) is 0 Å². The molecule has 0 aromatic heterocycles. The van der Waals surface area contributed by atoms with Gasteiger partial charge in [-0.3, -0.25) is 0 Å². The maximum Gasteiger partial charge on any atom is 1.00 e. The maximum atomic E-state index is 12.0. The average molecular weight is 511 g/mol. The van der Waals surface area contributed by atoms with Crippen LogP contribution in [-0.4, -0.2) is 13.0 Å². The molecule has 35 heavy (non-hydrogen) atoms. The number of hydrogen-bond donors (Lipinski definition) is 0. The Morgan fingerprint density at radius 1 is 0.629 bits per heavy atom. The van der Waals surface area contributed by atoms with Crippen molar-refractivity contribution < 1.29 is 42.5 Å². The molecule has 0 atom stereocenters. The normalized spacial score (nSPS) is 11.6. The Hall–Kier alpha value is -0.390. The van der Waals surface area contributed by atoms with E-state index in [-0.39, 0.29) is 34.5 Å². The van der Waals surface area contributed by atoms with E-state index in [0.29, 0.717) is 12.0 Å². The molecular weight excluding hydrogens is 463 g/mol. The Kier molecular flexibility index (Phi) is 17.5. The second kappa shape index (κ2) is 18.8. The fraction of sp³-hybridized carbons (Fsp3) is 0.667. The van der Waals surface area contributed by atoms with Gasteiger partial charge in [0.25, 0.3) is 0 Å². The van der Waals surface area contributed by atoms with E-state index in [4.69, 9.17) is 0 Å². The molecule has 0 fully saturated rings. The molecule has 0 saturated carbocycles. The van der Waals surface area contributed by atoms with Crippen molar-refractivity contribution in [2.24, 2.45) is 0 Å². The molecule has 0 aliphatic rings. The van der Waals surface area contributed by atoms with Crippen LogP contribution in [0, 0.1) is 0 Å². The maximum absolute atomic E-state index is 12.0. The first kappa shape index (κ1) is 32.6. The molecule has 0 spiro atoms. The molecular formula is C30H47NaO3S. The fourth-order valence-corrected chi connectivity index (χ4v) is 5.71. The first-order valence-electron chi connectivity index (χ1n) is 14.0. The van der Waals surface area contributed by atoms with Crippen LogP contribution in [0.2, 0.25) is 0 Å². The minimum absolute atomic E-state index is 0. The summed E-state index contributed by atoms with van der Waals surface area (Å²) in [5, 5.41) is 1.98. The fourth-order valence-electron chi connectivity index (χ4n) is 4.96. The molecule has 2 rings (SSSR count). The van der Waals surface area contributed by atoms with Crippen LogP contribution >= 0.6 is 0 Å². The molecule has 192 valence electrons. The van der Waals surface area contributed by atoms with Crippen molar-refractivity contribution in [3.63, 3.8) is 0 Å². The molecule has 0 unspecified atom stereocenters. The predicted octanol–water partition coefficient (Wildman–Crippen LogP) is 6.11. The van der Waals surface area contributed by atoms with Gasteiger partial charge >= 0.3 is 29.6 Å². The minimum atomic E-state index is -4.48. The zero-order chi connectivity index (χ0) is 24.7. The number of hydrogen-bond acceptors (Lipinski definition) is 3. The largest absolute Gasteiger partial charge is 1.00 e. The third kappa shape index (κ3) is 12.6.